The largest absolute Gasteiger partial charge is 0.493 e. The predicted octanol–water partition coefficient (Wildman–Crippen LogP) is 2.33. The average Bonchev–Trinajstić information content (AvgIpc) is 2.56. The molecule has 0 bridgehead atoms. The van der Waals surface area contributed by atoms with Crippen LogP contribution in [0.1, 0.15) is 26.3 Å². The Morgan fingerprint density at radius 3 is 2.40 bits per heavy atom. The molecule has 0 saturated heterocycles. The highest BCUT2D eigenvalue weighted by molar-refractivity contribution is 5.46. The fraction of sp³-hybridized carbons (Fsp3) is 0.684. The van der Waals surface area contributed by atoms with Crippen molar-refractivity contribution in [3.63, 3.8) is 0 Å². The number of benzene rings is 1. The molecule has 0 heterocycles. The average molecular weight is 355 g/mol. The zero-order valence-electron chi connectivity index (χ0n) is 16.4. The third-order valence-corrected chi connectivity index (χ3v) is 3.67. The van der Waals surface area contributed by atoms with Crippen LogP contribution in [0, 0.1) is 0 Å². The van der Waals surface area contributed by atoms with Crippen molar-refractivity contribution in [2.75, 3.05) is 47.6 Å². The van der Waals surface area contributed by atoms with E-state index in [1.807, 2.05) is 39.0 Å². The van der Waals surface area contributed by atoms with Crippen LogP contribution in [-0.4, -0.2) is 69.3 Å². The van der Waals surface area contributed by atoms with Gasteiger partial charge in [-0.25, -0.2) is 0 Å². The Kier molecular flexibility index (Phi) is 9.21. The second kappa shape index (κ2) is 10.6. The van der Waals surface area contributed by atoms with Gasteiger partial charge in [-0.15, -0.1) is 0 Å². The van der Waals surface area contributed by atoms with Crippen LogP contribution in [0.2, 0.25) is 0 Å². The molecule has 1 N–H and O–H groups in total. The first-order chi connectivity index (χ1) is 11.8. The van der Waals surface area contributed by atoms with Gasteiger partial charge in [0.25, 0.3) is 0 Å². The van der Waals surface area contributed by atoms with Crippen LogP contribution < -0.4 is 9.47 Å². The van der Waals surface area contributed by atoms with E-state index in [0.29, 0.717) is 44.3 Å². The Hall–Kier alpha value is -1.34. The zero-order chi connectivity index (χ0) is 18.9. The highest BCUT2D eigenvalue weighted by Crippen LogP contribution is 2.31. The summed E-state index contributed by atoms with van der Waals surface area (Å²) in [6.07, 6.45) is -0.576. The van der Waals surface area contributed by atoms with Gasteiger partial charge in [-0.2, -0.15) is 0 Å². The molecule has 1 atom stereocenters. The molecule has 0 unspecified atom stereocenters. The maximum Gasteiger partial charge on any atom is 0.165 e. The van der Waals surface area contributed by atoms with E-state index in [4.69, 9.17) is 18.9 Å². The Labute approximate surface area is 151 Å². The molecule has 0 aromatic heterocycles. The summed E-state index contributed by atoms with van der Waals surface area (Å²) in [6, 6.07) is 5.80. The fourth-order valence-corrected chi connectivity index (χ4v) is 2.47. The highest BCUT2D eigenvalue weighted by atomic mass is 16.5. The van der Waals surface area contributed by atoms with Gasteiger partial charge in [-0.3, -0.25) is 4.90 Å². The lowest BCUT2D eigenvalue weighted by Gasteiger charge is -2.28. The van der Waals surface area contributed by atoms with Crippen LogP contribution in [0.5, 0.6) is 11.5 Å². The number of aliphatic hydroxyl groups is 1. The molecule has 0 aliphatic rings. The summed E-state index contributed by atoms with van der Waals surface area (Å²) < 4.78 is 21.7. The highest BCUT2D eigenvalue weighted by Gasteiger charge is 2.18. The van der Waals surface area contributed by atoms with Crippen molar-refractivity contribution in [2.45, 2.75) is 39.0 Å². The molecular weight excluding hydrogens is 322 g/mol. The first kappa shape index (κ1) is 21.7. The van der Waals surface area contributed by atoms with Gasteiger partial charge < -0.3 is 24.1 Å². The minimum Gasteiger partial charge on any atom is -0.493 e. The van der Waals surface area contributed by atoms with Gasteiger partial charge in [0.05, 0.1) is 39.1 Å². The number of rotatable bonds is 11. The van der Waals surface area contributed by atoms with E-state index in [2.05, 4.69) is 4.90 Å². The number of nitrogens with zero attached hydrogens (tertiary/aromatic N) is 1. The van der Waals surface area contributed by atoms with E-state index in [9.17, 15) is 5.11 Å². The molecule has 144 valence electrons. The Morgan fingerprint density at radius 1 is 1.12 bits per heavy atom. The molecule has 0 aliphatic heterocycles. The van der Waals surface area contributed by atoms with Crippen LogP contribution in [0.15, 0.2) is 18.2 Å². The maximum absolute atomic E-state index is 10.3. The molecule has 1 rings (SSSR count). The van der Waals surface area contributed by atoms with Crippen LogP contribution in [0.3, 0.4) is 0 Å². The van der Waals surface area contributed by atoms with Crippen LogP contribution in [-0.2, 0) is 16.0 Å². The number of aliphatic hydroxyl groups excluding tert-OH is 1. The topological polar surface area (TPSA) is 60.4 Å². The quantitative estimate of drug-likeness (QED) is 0.657. The summed E-state index contributed by atoms with van der Waals surface area (Å²) in [7, 11) is 4.92. The second-order valence-electron chi connectivity index (χ2n) is 6.96. The van der Waals surface area contributed by atoms with Gasteiger partial charge in [0, 0.05) is 32.3 Å². The second-order valence-corrected chi connectivity index (χ2v) is 6.96. The monoisotopic (exact) mass is 355 g/mol. The van der Waals surface area contributed by atoms with Crippen molar-refractivity contribution < 1.29 is 24.1 Å². The molecule has 25 heavy (non-hydrogen) atoms. The molecule has 1 aromatic carbocycles. The van der Waals surface area contributed by atoms with Crippen molar-refractivity contribution in [1.29, 1.82) is 0 Å². The smallest absolute Gasteiger partial charge is 0.165 e. The summed E-state index contributed by atoms with van der Waals surface area (Å²) in [4.78, 5) is 2.12. The van der Waals surface area contributed by atoms with Gasteiger partial charge in [-0.05, 0) is 26.8 Å². The van der Waals surface area contributed by atoms with Crippen LogP contribution in [0.25, 0.3) is 0 Å². The molecule has 0 radical (unpaired) electrons. The van der Waals surface area contributed by atoms with Gasteiger partial charge >= 0.3 is 0 Å². The van der Waals surface area contributed by atoms with Crippen molar-refractivity contribution >= 4 is 0 Å². The Morgan fingerprint density at radius 2 is 1.84 bits per heavy atom. The molecule has 6 heteroatoms. The Balaban J connectivity index is 2.79. The fourth-order valence-electron chi connectivity index (χ4n) is 2.47. The number of hydrogen-bond donors (Lipinski definition) is 1. The van der Waals surface area contributed by atoms with Crippen molar-refractivity contribution in [2.24, 2.45) is 0 Å². The molecular formula is C19H33NO5. The third kappa shape index (κ3) is 8.05. The van der Waals surface area contributed by atoms with Crippen molar-refractivity contribution in [3.8, 4) is 11.5 Å². The summed E-state index contributed by atoms with van der Waals surface area (Å²) in [5.41, 5.74) is 0.732. The van der Waals surface area contributed by atoms with E-state index >= 15 is 0 Å². The molecule has 6 nitrogen and oxygen atoms in total. The zero-order valence-corrected chi connectivity index (χ0v) is 16.4. The SMILES string of the molecule is COCCN(Cc1cccc(OC)c1OC)C[C@H](O)COC(C)(C)C. The first-order valence-corrected chi connectivity index (χ1v) is 8.54. The summed E-state index contributed by atoms with van der Waals surface area (Å²) in [5.74, 6) is 1.41. The lowest BCUT2D eigenvalue weighted by atomic mass is 10.1. The number of para-hydroxylation sites is 1. The summed E-state index contributed by atoms with van der Waals surface area (Å²) in [6.45, 7) is 8.61. The maximum atomic E-state index is 10.3. The van der Waals surface area contributed by atoms with E-state index in [1.165, 1.54) is 0 Å². The standard InChI is InChI=1S/C19H33NO5/c1-19(2,3)25-14-16(21)13-20(10-11-22-4)12-15-8-7-9-17(23-5)18(15)24-6/h7-9,16,21H,10-14H2,1-6H3/t16-/m0/s1. The van der Waals surface area contributed by atoms with Crippen molar-refractivity contribution in [1.82, 2.24) is 4.90 Å². The molecule has 0 aliphatic carbocycles. The van der Waals surface area contributed by atoms with E-state index in [1.54, 1.807) is 21.3 Å². The minimum absolute atomic E-state index is 0.269. The lowest BCUT2D eigenvalue weighted by Crippen LogP contribution is -2.38. The van der Waals surface area contributed by atoms with Gasteiger partial charge in [-0.1, -0.05) is 12.1 Å². The van der Waals surface area contributed by atoms with Gasteiger partial charge in [0.2, 0.25) is 0 Å². The number of methoxy groups -OCH3 is 3. The van der Waals surface area contributed by atoms with Crippen LogP contribution >= 0.6 is 0 Å². The van der Waals surface area contributed by atoms with Crippen LogP contribution in [0.4, 0.5) is 0 Å². The van der Waals surface area contributed by atoms with E-state index < -0.39 is 6.10 Å². The van der Waals surface area contributed by atoms with Gasteiger partial charge in [0.1, 0.15) is 0 Å². The van der Waals surface area contributed by atoms with E-state index in [-0.39, 0.29) is 5.60 Å². The lowest BCUT2D eigenvalue weighted by molar-refractivity contribution is -0.0577. The molecule has 0 amide bonds. The molecule has 0 spiro atoms. The first-order valence-electron chi connectivity index (χ1n) is 8.54. The normalized spacial score (nSPS) is 13.1. The molecule has 0 fully saturated rings. The van der Waals surface area contributed by atoms with E-state index in [0.717, 1.165) is 5.56 Å². The summed E-state index contributed by atoms with van der Waals surface area (Å²) in [5, 5.41) is 10.3. The predicted molar refractivity (Wildman–Crippen MR) is 98.4 cm³/mol. The Bertz CT molecular complexity index is 501. The van der Waals surface area contributed by atoms with Crippen molar-refractivity contribution in [3.05, 3.63) is 23.8 Å². The van der Waals surface area contributed by atoms with Gasteiger partial charge in [0.15, 0.2) is 11.5 Å². The molecule has 1 aromatic rings. The third-order valence-electron chi connectivity index (χ3n) is 3.67. The molecule has 0 saturated carbocycles. The number of ether oxygens (including phenoxy) is 4. The minimum atomic E-state index is -0.576. The summed E-state index contributed by atoms with van der Waals surface area (Å²) >= 11 is 0. The number of hydrogen-bond acceptors (Lipinski definition) is 6.